The molecule has 8 heteroatoms. The highest BCUT2D eigenvalue weighted by Gasteiger charge is 2.20. The molecule has 0 radical (unpaired) electrons. The van der Waals surface area contributed by atoms with Gasteiger partial charge in [0.15, 0.2) is 0 Å². The first-order chi connectivity index (χ1) is 12.8. The van der Waals surface area contributed by atoms with E-state index in [-0.39, 0.29) is 10.9 Å². The summed E-state index contributed by atoms with van der Waals surface area (Å²) < 4.78 is 28.2. The first kappa shape index (κ1) is 20.0. The minimum Gasteiger partial charge on any atom is -0.327 e. The Kier molecular flexibility index (Phi) is 6.00. The Labute approximate surface area is 164 Å². The van der Waals surface area contributed by atoms with Crippen molar-refractivity contribution in [3.63, 3.8) is 0 Å². The number of hydrogen-bond donors (Lipinski definition) is 1. The number of nitrogens with zero attached hydrogens (tertiary/aromatic N) is 3. The van der Waals surface area contributed by atoms with Crippen molar-refractivity contribution in [2.75, 3.05) is 14.1 Å². The number of hydrogen-bond acceptors (Lipinski definition) is 5. The Morgan fingerprint density at radius 2 is 2.07 bits per heavy atom. The van der Waals surface area contributed by atoms with Gasteiger partial charge in [-0.3, -0.25) is 0 Å². The van der Waals surface area contributed by atoms with Gasteiger partial charge in [0.1, 0.15) is 5.82 Å². The summed E-state index contributed by atoms with van der Waals surface area (Å²) in [5.41, 5.74) is 1.68. The van der Waals surface area contributed by atoms with Gasteiger partial charge in [-0.1, -0.05) is 13.0 Å². The van der Waals surface area contributed by atoms with Crippen LogP contribution < -0.4 is 5.32 Å². The van der Waals surface area contributed by atoms with Gasteiger partial charge in [-0.15, -0.1) is 11.3 Å². The van der Waals surface area contributed by atoms with Gasteiger partial charge in [-0.05, 0) is 43.0 Å². The number of imidazole rings is 1. The van der Waals surface area contributed by atoms with Crippen molar-refractivity contribution < 1.29 is 8.42 Å². The van der Waals surface area contributed by atoms with Gasteiger partial charge >= 0.3 is 0 Å². The average Bonchev–Trinajstić information content (AvgIpc) is 3.28. The van der Waals surface area contributed by atoms with Crippen molar-refractivity contribution in [2.45, 2.75) is 44.3 Å². The molecule has 1 aromatic carbocycles. The number of aryl methyl sites for hydroxylation is 1. The lowest BCUT2D eigenvalue weighted by molar-refractivity contribution is 0.521. The zero-order valence-electron chi connectivity index (χ0n) is 16.1. The van der Waals surface area contributed by atoms with Crippen molar-refractivity contribution >= 4 is 32.4 Å². The van der Waals surface area contributed by atoms with Crippen LogP contribution in [0.1, 0.15) is 37.0 Å². The summed E-state index contributed by atoms with van der Waals surface area (Å²) in [6, 6.07) is 9.61. The Morgan fingerprint density at radius 1 is 1.30 bits per heavy atom. The molecule has 6 nitrogen and oxygen atoms in total. The average molecular weight is 407 g/mol. The molecule has 0 spiro atoms. The van der Waals surface area contributed by atoms with Gasteiger partial charge < -0.3 is 9.88 Å². The number of aromatic nitrogens is 2. The first-order valence-electron chi connectivity index (χ1n) is 9.03. The number of nitrogens with one attached hydrogen (secondary N) is 1. The van der Waals surface area contributed by atoms with Crippen LogP contribution in [0.5, 0.6) is 0 Å². The van der Waals surface area contributed by atoms with E-state index in [0.717, 1.165) is 24.3 Å². The fourth-order valence-electron chi connectivity index (χ4n) is 3.02. The largest absolute Gasteiger partial charge is 0.327 e. The maximum absolute atomic E-state index is 12.4. The van der Waals surface area contributed by atoms with Gasteiger partial charge in [0.25, 0.3) is 0 Å². The second-order valence-electron chi connectivity index (χ2n) is 6.74. The van der Waals surface area contributed by atoms with Crippen molar-refractivity contribution in [3.8, 4) is 0 Å². The molecule has 3 rings (SSSR count). The molecule has 0 amide bonds. The van der Waals surface area contributed by atoms with Gasteiger partial charge in [0.05, 0.1) is 22.5 Å². The molecular weight excluding hydrogens is 380 g/mol. The molecule has 1 atom stereocenters. The maximum atomic E-state index is 12.4. The summed E-state index contributed by atoms with van der Waals surface area (Å²) in [5, 5.41) is 5.60. The molecule has 0 aliphatic heterocycles. The number of thiophene rings is 1. The van der Waals surface area contributed by atoms with Crippen LogP contribution in [0.2, 0.25) is 0 Å². The van der Waals surface area contributed by atoms with Gasteiger partial charge in [-0.25, -0.2) is 17.7 Å². The summed E-state index contributed by atoms with van der Waals surface area (Å²) in [5.74, 6) is 0.926. The topological polar surface area (TPSA) is 67.2 Å². The third-order valence-electron chi connectivity index (χ3n) is 4.56. The summed E-state index contributed by atoms with van der Waals surface area (Å²) in [6.07, 6.45) is 0.983. The third-order valence-corrected chi connectivity index (χ3v) is 7.43. The molecule has 0 fully saturated rings. The maximum Gasteiger partial charge on any atom is 0.242 e. The first-order valence-corrected chi connectivity index (χ1v) is 11.3. The van der Waals surface area contributed by atoms with Gasteiger partial charge in [-0.2, -0.15) is 0 Å². The monoisotopic (exact) mass is 406 g/mol. The Morgan fingerprint density at radius 3 is 2.70 bits per heavy atom. The standard InChI is InChI=1S/C19H26N4O2S2/c1-5-10-23-17-9-8-15(27(24,25)22(3)4)12-16(17)21-19(23)13-20-14(2)18-7-6-11-26-18/h6-9,11-12,14,20H,5,10,13H2,1-4H3. The molecule has 0 saturated carbocycles. The summed E-state index contributed by atoms with van der Waals surface area (Å²) >= 11 is 1.73. The SMILES string of the molecule is CCCn1c(CNC(C)c2cccs2)nc2cc(S(=O)(=O)N(C)C)ccc21. The van der Waals surface area contributed by atoms with Crippen LogP contribution in [-0.4, -0.2) is 36.4 Å². The lowest BCUT2D eigenvalue weighted by Gasteiger charge is -2.13. The predicted molar refractivity (Wildman–Crippen MR) is 110 cm³/mol. The van der Waals surface area contributed by atoms with E-state index < -0.39 is 10.0 Å². The molecule has 0 aliphatic carbocycles. The number of fused-ring (bicyclic) bond motifs is 1. The highest BCUT2D eigenvalue weighted by Crippen LogP contribution is 2.23. The van der Waals surface area contributed by atoms with Gasteiger partial charge in [0, 0.05) is 31.6 Å². The van der Waals surface area contributed by atoms with E-state index in [0.29, 0.717) is 12.1 Å². The lowest BCUT2D eigenvalue weighted by Crippen LogP contribution is -2.22. The van der Waals surface area contributed by atoms with E-state index in [1.807, 2.05) is 6.07 Å². The molecule has 146 valence electrons. The molecule has 1 N–H and O–H groups in total. The minimum absolute atomic E-state index is 0.240. The zero-order valence-corrected chi connectivity index (χ0v) is 17.8. The van der Waals surface area contributed by atoms with Crippen LogP contribution in [0.25, 0.3) is 11.0 Å². The van der Waals surface area contributed by atoms with Crippen LogP contribution in [0.3, 0.4) is 0 Å². The van der Waals surface area contributed by atoms with Crippen LogP contribution >= 0.6 is 11.3 Å². The second-order valence-corrected chi connectivity index (χ2v) is 9.87. The number of sulfonamides is 1. The molecule has 0 bridgehead atoms. The van der Waals surface area contributed by atoms with Crippen molar-refractivity contribution in [1.29, 1.82) is 0 Å². The summed E-state index contributed by atoms with van der Waals surface area (Å²) in [7, 11) is -0.393. The van der Waals surface area contributed by atoms with E-state index >= 15 is 0 Å². The molecule has 0 aliphatic rings. The van der Waals surface area contributed by atoms with Crippen LogP contribution in [0.4, 0.5) is 0 Å². The fraction of sp³-hybridized carbons (Fsp3) is 0.421. The summed E-state index contributed by atoms with van der Waals surface area (Å²) in [4.78, 5) is 6.29. The molecule has 27 heavy (non-hydrogen) atoms. The molecule has 2 heterocycles. The fourth-order valence-corrected chi connectivity index (χ4v) is 4.70. The quantitative estimate of drug-likeness (QED) is 0.621. The number of rotatable bonds is 8. The molecule has 0 saturated heterocycles. The van der Waals surface area contributed by atoms with E-state index in [1.165, 1.54) is 23.3 Å². The third kappa shape index (κ3) is 4.08. The Hall–Kier alpha value is -1.74. The highest BCUT2D eigenvalue weighted by molar-refractivity contribution is 7.89. The predicted octanol–water partition coefficient (Wildman–Crippen LogP) is 3.61. The van der Waals surface area contributed by atoms with Crippen molar-refractivity contribution in [1.82, 2.24) is 19.2 Å². The van der Waals surface area contributed by atoms with E-state index in [1.54, 1.807) is 23.5 Å². The minimum atomic E-state index is -3.47. The normalized spacial score (nSPS) is 13.5. The van der Waals surface area contributed by atoms with E-state index in [9.17, 15) is 8.42 Å². The van der Waals surface area contributed by atoms with E-state index in [4.69, 9.17) is 4.98 Å². The van der Waals surface area contributed by atoms with Crippen LogP contribution in [0, 0.1) is 0 Å². The van der Waals surface area contributed by atoms with Gasteiger partial charge in [0.2, 0.25) is 10.0 Å². The Balaban J connectivity index is 1.93. The smallest absolute Gasteiger partial charge is 0.242 e. The van der Waals surface area contributed by atoms with Crippen molar-refractivity contribution in [3.05, 3.63) is 46.4 Å². The van der Waals surface area contributed by atoms with Crippen molar-refractivity contribution in [2.24, 2.45) is 0 Å². The zero-order chi connectivity index (χ0) is 19.6. The van der Waals surface area contributed by atoms with E-state index in [2.05, 4.69) is 41.2 Å². The molecule has 1 unspecified atom stereocenters. The molecular formula is C19H26N4O2S2. The molecule has 3 aromatic rings. The lowest BCUT2D eigenvalue weighted by atomic mass is 10.3. The summed E-state index contributed by atoms with van der Waals surface area (Å²) in [6.45, 7) is 5.74. The van der Waals surface area contributed by atoms with Crippen LogP contribution in [0.15, 0.2) is 40.6 Å². The molecule has 2 aromatic heterocycles. The number of benzene rings is 1. The highest BCUT2D eigenvalue weighted by atomic mass is 32.2. The Bertz CT molecular complexity index is 1010. The van der Waals surface area contributed by atoms with Crippen LogP contribution in [-0.2, 0) is 23.1 Å². The second kappa shape index (κ2) is 8.10.